The average molecular weight is 320 g/mol. The Morgan fingerprint density at radius 3 is 2.40 bits per heavy atom. The Bertz CT molecular complexity index is 483. The quantitative estimate of drug-likeness (QED) is 0.348. The van der Waals surface area contributed by atoms with Gasteiger partial charge in [0.25, 0.3) is 6.08 Å². The van der Waals surface area contributed by atoms with Crippen molar-refractivity contribution in [3.8, 4) is 0 Å². The zero-order chi connectivity index (χ0) is 15.4. The van der Waals surface area contributed by atoms with Crippen molar-refractivity contribution in [3.63, 3.8) is 0 Å². The highest BCUT2D eigenvalue weighted by atomic mass is 32.2. The predicted octanol–water partition coefficient (Wildman–Crippen LogP) is 4.39. The number of thioether (sulfide) groups is 1. The fourth-order valence-electron chi connectivity index (χ4n) is 1.05. The van der Waals surface area contributed by atoms with E-state index in [9.17, 15) is 30.7 Å². The normalized spacial score (nSPS) is 12.3. The van der Waals surface area contributed by atoms with E-state index in [1.54, 1.807) is 0 Å². The molecule has 1 heterocycles. The van der Waals surface area contributed by atoms with Crippen LogP contribution >= 0.6 is 11.8 Å². The van der Waals surface area contributed by atoms with Gasteiger partial charge in [-0.15, -0.1) is 0 Å². The lowest BCUT2D eigenvalue weighted by atomic mass is 10.2. The number of hydrogen-bond acceptors (Lipinski definition) is 3. The molecule has 1 aromatic rings. The molecule has 2 nitrogen and oxygen atoms in total. The van der Waals surface area contributed by atoms with Gasteiger partial charge in [0.15, 0.2) is 5.16 Å². The van der Waals surface area contributed by atoms with E-state index in [2.05, 4.69) is 9.97 Å². The topological polar surface area (TPSA) is 25.8 Å². The summed E-state index contributed by atoms with van der Waals surface area (Å²) in [6, 6.07) is 0.457. The maximum absolute atomic E-state index is 13.0. The molecular formula is C10H7F7N2S. The Labute approximate surface area is 113 Å². The van der Waals surface area contributed by atoms with Crippen LogP contribution in [0.15, 0.2) is 29.6 Å². The van der Waals surface area contributed by atoms with Crippen LogP contribution in [-0.4, -0.2) is 21.9 Å². The van der Waals surface area contributed by atoms with Crippen LogP contribution in [0.3, 0.4) is 0 Å². The van der Waals surface area contributed by atoms with Gasteiger partial charge in [0.05, 0.1) is 0 Å². The number of rotatable bonds is 5. The molecule has 0 aliphatic carbocycles. The molecule has 0 aliphatic heterocycles. The second-order valence-corrected chi connectivity index (χ2v) is 4.49. The number of allylic oxidation sites excluding steroid dienone is 1. The summed E-state index contributed by atoms with van der Waals surface area (Å²) in [4.78, 5) is 6.60. The van der Waals surface area contributed by atoms with E-state index in [1.165, 1.54) is 0 Å². The fourth-order valence-corrected chi connectivity index (χ4v) is 1.77. The molecule has 20 heavy (non-hydrogen) atoms. The lowest BCUT2D eigenvalue weighted by Crippen LogP contribution is -2.34. The lowest BCUT2D eigenvalue weighted by Gasteiger charge is -2.18. The van der Waals surface area contributed by atoms with Gasteiger partial charge in [-0.1, -0.05) is 11.8 Å². The summed E-state index contributed by atoms with van der Waals surface area (Å²) in [6.07, 6.45) is -6.39. The van der Waals surface area contributed by atoms with Crippen LogP contribution < -0.4 is 0 Å². The minimum Gasteiger partial charge on any atom is -0.231 e. The van der Waals surface area contributed by atoms with E-state index in [4.69, 9.17) is 0 Å². The van der Waals surface area contributed by atoms with Gasteiger partial charge >= 0.3 is 12.1 Å². The van der Waals surface area contributed by atoms with Gasteiger partial charge < -0.3 is 0 Å². The van der Waals surface area contributed by atoms with Gasteiger partial charge in [0.1, 0.15) is 5.69 Å². The maximum atomic E-state index is 13.0. The van der Waals surface area contributed by atoms with Gasteiger partial charge in [-0.05, 0) is 18.6 Å². The molecule has 0 spiro atoms. The van der Waals surface area contributed by atoms with Crippen molar-refractivity contribution < 1.29 is 30.7 Å². The molecule has 0 saturated heterocycles. The van der Waals surface area contributed by atoms with Crippen molar-refractivity contribution in [2.45, 2.75) is 23.7 Å². The second-order valence-electron chi connectivity index (χ2n) is 3.43. The van der Waals surface area contributed by atoms with Crippen LogP contribution in [0.25, 0.3) is 0 Å². The molecule has 1 rings (SSSR count). The lowest BCUT2D eigenvalue weighted by molar-refractivity contribution is -0.291. The summed E-state index contributed by atoms with van der Waals surface area (Å²) in [5, 5.41) is -0.334. The minimum atomic E-state index is -5.76. The van der Waals surface area contributed by atoms with Gasteiger partial charge in [-0.3, -0.25) is 0 Å². The first kappa shape index (κ1) is 16.7. The smallest absolute Gasteiger partial charge is 0.231 e. The van der Waals surface area contributed by atoms with Crippen molar-refractivity contribution in [3.05, 3.63) is 30.1 Å². The zero-order valence-electron chi connectivity index (χ0n) is 9.59. The first-order valence-electron chi connectivity index (χ1n) is 5.06. The molecule has 0 amide bonds. The van der Waals surface area contributed by atoms with E-state index >= 15 is 0 Å². The number of hydrogen-bond donors (Lipinski definition) is 0. The minimum absolute atomic E-state index is 0.0262. The molecule has 0 N–H and O–H groups in total. The van der Waals surface area contributed by atoms with Gasteiger partial charge in [0, 0.05) is 11.9 Å². The number of alkyl halides is 5. The van der Waals surface area contributed by atoms with Crippen molar-refractivity contribution in [1.29, 1.82) is 0 Å². The summed E-state index contributed by atoms with van der Waals surface area (Å²) in [6.45, 7) is 0. The molecule has 10 heteroatoms. The molecule has 112 valence electrons. The second kappa shape index (κ2) is 6.42. The summed E-state index contributed by atoms with van der Waals surface area (Å²) >= 11 is 0.702. The van der Waals surface area contributed by atoms with Crippen LogP contribution in [0.1, 0.15) is 12.1 Å². The molecule has 0 fully saturated rings. The van der Waals surface area contributed by atoms with Crippen LogP contribution in [0.2, 0.25) is 0 Å². The third-order valence-electron chi connectivity index (χ3n) is 1.96. The monoisotopic (exact) mass is 320 g/mol. The Kier molecular flexibility index (Phi) is 5.37. The number of halogens is 7. The first-order valence-corrected chi connectivity index (χ1v) is 6.05. The van der Waals surface area contributed by atoms with Crippen LogP contribution in [0.4, 0.5) is 30.7 Å². The van der Waals surface area contributed by atoms with Crippen LogP contribution in [0.5, 0.6) is 0 Å². The van der Waals surface area contributed by atoms with Crippen LogP contribution in [0, 0.1) is 0 Å². The molecule has 0 bridgehead atoms. The first-order chi connectivity index (χ1) is 9.14. The summed E-state index contributed by atoms with van der Waals surface area (Å²) in [5.74, 6) is -5.06. The molecule has 0 unspecified atom stereocenters. The maximum Gasteiger partial charge on any atom is 0.459 e. The van der Waals surface area contributed by atoms with E-state index in [0.717, 1.165) is 6.20 Å². The van der Waals surface area contributed by atoms with Crippen LogP contribution in [-0.2, 0) is 5.92 Å². The molecule has 0 atom stereocenters. The predicted molar refractivity (Wildman–Crippen MR) is 57.6 cm³/mol. The zero-order valence-corrected chi connectivity index (χ0v) is 10.4. The van der Waals surface area contributed by atoms with Gasteiger partial charge in [0.2, 0.25) is 0 Å². The summed E-state index contributed by atoms with van der Waals surface area (Å²) in [5.41, 5.74) is -1.48. The van der Waals surface area contributed by atoms with E-state index < -0.39 is 23.9 Å². The highest BCUT2D eigenvalue weighted by Gasteiger charge is 2.60. The molecule has 1 aromatic heterocycles. The summed E-state index contributed by atoms with van der Waals surface area (Å²) < 4.78 is 85.8. The Hall–Kier alpha value is -1.32. The van der Waals surface area contributed by atoms with Crippen molar-refractivity contribution >= 4 is 11.8 Å². The van der Waals surface area contributed by atoms with Crippen molar-refractivity contribution in [2.75, 3.05) is 5.75 Å². The third kappa shape index (κ3) is 4.36. The van der Waals surface area contributed by atoms with Gasteiger partial charge in [-0.2, -0.15) is 30.7 Å². The number of nitrogens with zero attached hydrogens (tertiary/aromatic N) is 2. The molecular weight excluding hydrogens is 313 g/mol. The van der Waals surface area contributed by atoms with E-state index in [1.807, 2.05) is 0 Å². The Morgan fingerprint density at radius 2 is 1.85 bits per heavy atom. The molecule has 0 aromatic carbocycles. The molecule has 0 aliphatic rings. The summed E-state index contributed by atoms with van der Waals surface area (Å²) in [7, 11) is 0. The van der Waals surface area contributed by atoms with E-state index in [-0.39, 0.29) is 17.3 Å². The average Bonchev–Trinajstić information content (AvgIpc) is 2.33. The third-order valence-corrected chi connectivity index (χ3v) is 2.85. The Morgan fingerprint density at radius 1 is 1.20 bits per heavy atom. The molecule has 0 radical (unpaired) electrons. The number of aromatic nitrogens is 2. The SMILES string of the molecule is FC(F)=CCCSc1nccc(C(F)(F)C(F)(F)F)n1. The largest absolute Gasteiger partial charge is 0.459 e. The molecule has 0 saturated carbocycles. The fraction of sp³-hybridized carbons (Fsp3) is 0.400. The highest BCUT2D eigenvalue weighted by Crippen LogP contribution is 2.43. The van der Waals surface area contributed by atoms with Crippen molar-refractivity contribution in [1.82, 2.24) is 9.97 Å². The van der Waals surface area contributed by atoms with Crippen molar-refractivity contribution in [2.24, 2.45) is 0 Å². The van der Waals surface area contributed by atoms with Gasteiger partial charge in [-0.25, -0.2) is 9.97 Å². The Balaban J connectivity index is 2.79. The van der Waals surface area contributed by atoms with E-state index in [0.29, 0.717) is 23.9 Å². The highest BCUT2D eigenvalue weighted by molar-refractivity contribution is 7.99. The standard InChI is InChI=1S/C10H7F7N2S/c11-7(12)2-1-5-20-8-18-4-3-6(19-8)9(13,14)10(15,16)17/h2-4H,1,5H2.